The fourth-order valence-corrected chi connectivity index (χ4v) is 3.45. The summed E-state index contributed by atoms with van der Waals surface area (Å²) in [5.74, 6) is 0. The number of nitrogens with one attached hydrogen (secondary N) is 1. The number of pyridine rings is 1. The smallest absolute Gasteiger partial charge is 0.247 e. The number of aryl methyl sites for hydroxylation is 1. The third-order valence-corrected chi connectivity index (χ3v) is 5.27. The monoisotopic (exact) mass is 306 g/mol. The van der Waals surface area contributed by atoms with E-state index in [0.29, 0.717) is 13.1 Å². The standard InChI is InChI=1S/C15H18N2O3S/c1-3-17(11-13-7-5-4-6-12(13)2)21(19,20)14-8-9-15(18)16-10-14/h4-10H,3,11H2,1-2H3,(H,16,18). The van der Waals surface area contributed by atoms with Crippen LogP contribution in [0.25, 0.3) is 0 Å². The molecule has 0 fully saturated rings. The number of benzene rings is 1. The molecule has 1 aromatic heterocycles. The summed E-state index contributed by atoms with van der Waals surface area (Å²) in [4.78, 5) is 13.6. The van der Waals surface area contributed by atoms with E-state index in [2.05, 4.69) is 4.98 Å². The first-order valence-corrected chi connectivity index (χ1v) is 8.12. The predicted molar refractivity (Wildman–Crippen MR) is 81.5 cm³/mol. The summed E-state index contributed by atoms with van der Waals surface area (Å²) in [7, 11) is -3.62. The lowest BCUT2D eigenvalue weighted by molar-refractivity contribution is 0.422. The molecule has 6 heteroatoms. The average Bonchev–Trinajstić information content (AvgIpc) is 2.46. The lowest BCUT2D eigenvalue weighted by atomic mass is 10.1. The Morgan fingerprint density at radius 2 is 1.86 bits per heavy atom. The summed E-state index contributed by atoms with van der Waals surface area (Å²) in [6.07, 6.45) is 1.23. The molecule has 1 aromatic carbocycles. The summed E-state index contributed by atoms with van der Waals surface area (Å²) in [5.41, 5.74) is 1.69. The van der Waals surface area contributed by atoms with Crippen LogP contribution in [0.15, 0.2) is 52.3 Å². The normalized spacial score (nSPS) is 11.8. The van der Waals surface area contributed by atoms with Crippen LogP contribution in [0.5, 0.6) is 0 Å². The average molecular weight is 306 g/mol. The van der Waals surface area contributed by atoms with Crippen LogP contribution in [-0.4, -0.2) is 24.3 Å². The summed E-state index contributed by atoms with van der Waals surface area (Å²) in [6.45, 7) is 4.41. The molecular weight excluding hydrogens is 288 g/mol. The second-order valence-electron chi connectivity index (χ2n) is 4.75. The van der Waals surface area contributed by atoms with Gasteiger partial charge in [-0.1, -0.05) is 31.2 Å². The molecular formula is C15H18N2O3S. The molecule has 2 aromatic rings. The number of aromatic nitrogens is 1. The predicted octanol–water partition coefficient (Wildman–Crippen LogP) is 1.89. The van der Waals surface area contributed by atoms with E-state index in [1.807, 2.05) is 31.2 Å². The fourth-order valence-electron chi connectivity index (χ4n) is 2.05. The molecule has 0 aliphatic heterocycles. The van der Waals surface area contributed by atoms with Gasteiger partial charge in [-0.3, -0.25) is 4.79 Å². The zero-order valence-corrected chi connectivity index (χ0v) is 12.9. The number of aromatic amines is 1. The Kier molecular flexibility index (Phi) is 4.59. The van der Waals surface area contributed by atoms with Crippen LogP contribution in [0.4, 0.5) is 0 Å². The van der Waals surface area contributed by atoms with Crippen LogP contribution >= 0.6 is 0 Å². The van der Waals surface area contributed by atoms with Crippen LogP contribution in [0.3, 0.4) is 0 Å². The van der Waals surface area contributed by atoms with Crippen LogP contribution in [0, 0.1) is 6.92 Å². The molecule has 0 aliphatic rings. The van der Waals surface area contributed by atoms with Gasteiger partial charge in [0.25, 0.3) is 0 Å². The number of H-pyrrole nitrogens is 1. The zero-order chi connectivity index (χ0) is 15.5. The molecule has 0 atom stereocenters. The first-order chi connectivity index (χ1) is 9.95. The SMILES string of the molecule is CCN(Cc1ccccc1C)S(=O)(=O)c1ccc(=O)[nH]c1. The van der Waals surface area contributed by atoms with Crippen molar-refractivity contribution in [3.8, 4) is 0 Å². The van der Waals surface area contributed by atoms with Crippen LogP contribution in [0.1, 0.15) is 18.1 Å². The van der Waals surface area contributed by atoms with Gasteiger partial charge in [0.05, 0.1) is 4.90 Å². The van der Waals surface area contributed by atoms with Gasteiger partial charge in [0.1, 0.15) is 0 Å². The van der Waals surface area contributed by atoms with Crippen molar-refractivity contribution in [1.29, 1.82) is 0 Å². The van der Waals surface area contributed by atoms with Gasteiger partial charge in [-0.15, -0.1) is 0 Å². The van der Waals surface area contributed by atoms with Gasteiger partial charge in [0, 0.05) is 25.4 Å². The Balaban J connectivity index is 2.34. The number of hydrogen-bond donors (Lipinski definition) is 1. The van der Waals surface area contributed by atoms with E-state index >= 15 is 0 Å². The third kappa shape index (κ3) is 3.40. The van der Waals surface area contributed by atoms with Crippen LogP contribution in [0.2, 0.25) is 0 Å². The van der Waals surface area contributed by atoms with Crippen molar-refractivity contribution in [2.75, 3.05) is 6.54 Å². The first-order valence-electron chi connectivity index (χ1n) is 6.68. The van der Waals surface area contributed by atoms with Gasteiger partial charge in [0.2, 0.25) is 15.6 Å². The summed E-state index contributed by atoms with van der Waals surface area (Å²) >= 11 is 0. The van der Waals surface area contributed by atoms with Gasteiger partial charge in [0.15, 0.2) is 0 Å². The van der Waals surface area contributed by atoms with Crippen LogP contribution < -0.4 is 5.56 Å². The highest BCUT2D eigenvalue weighted by Gasteiger charge is 2.23. The summed E-state index contributed by atoms with van der Waals surface area (Å²) in [6, 6.07) is 10.2. The molecule has 5 nitrogen and oxygen atoms in total. The zero-order valence-electron chi connectivity index (χ0n) is 12.0. The molecule has 0 saturated heterocycles. The maximum atomic E-state index is 12.6. The Morgan fingerprint density at radius 3 is 2.43 bits per heavy atom. The lowest BCUT2D eigenvalue weighted by Gasteiger charge is -2.21. The molecule has 1 heterocycles. The Morgan fingerprint density at radius 1 is 1.14 bits per heavy atom. The minimum atomic E-state index is -3.62. The van der Waals surface area contributed by atoms with E-state index in [1.165, 1.54) is 22.6 Å². The Hall–Kier alpha value is -1.92. The van der Waals surface area contributed by atoms with E-state index < -0.39 is 10.0 Å². The number of sulfonamides is 1. The van der Waals surface area contributed by atoms with Crippen molar-refractivity contribution < 1.29 is 8.42 Å². The number of rotatable bonds is 5. The van der Waals surface area contributed by atoms with E-state index in [9.17, 15) is 13.2 Å². The molecule has 2 rings (SSSR count). The highest BCUT2D eigenvalue weighted by Crippen LogP contribution is 2.18. The van der Waals surface area contributed by atoms with Gasteiger partial charge in [-0.2, -0.15) is 4.31 Å². The van der Waals surface area contributed by atoms with Crippen molar-refractivity contribution in [3.63, 3.8) is 0 Å². The minimum absolute atomic E-state index is 0.0949. The van der Waals surface area contributed by atoms with E-state index in [-0.39, 0.29) is 10.5 Å². The largest absolute Gasteiger partial charge is 0.328 e. The lowest BCUT2D eigenvalue weighted by Crippen LogP contribution is -2.31. The Bertz CT molecular complexity index is 761. The van der Waals surface area contributed by atoms with E-state index in [0.717, 1.165) is 11.1 Å². The minimum Gasteiger partial charge on any atom is -0.328 e. The molecule has 0 radical (unpaired) electrons. The highest BCUT2D eigenvalue weighted by molar-refractivity contribution is 7.89. The second kappa shape index (κ2) is 6.24. The third-order valence-electron chi connectivity index (χ3n) is 3.35. The molecule has 21 heavy (non-hydrogen) atoms. The van der Waals surface area contributed by atoms with Gasteiger partial charge >= 0.3 is 0 Å². The Labute approximate surface area is 124 Å². The van der Waals surface area contributed by atoms with E-state index in [1.54, 1.807) is 6.92 Å². The van der Waals surface area contributed by atoms with Crippen molar-refractivity contribution in [2.24, 2.45) is 0 Å². The molecule has 1 N–H and O–H groups in total. The van der Waals surface area contributed by atoms with Gasteiger partial charge in [-0.05, 0) is 24.1 Å². The van der Waals surface area contributed by atoms with Crippen LogP contribution in [-0.2, 0) is 16.6 Å². The van der Waals surface area contributed by atoms with Crippen molar-refractivity contribution >= 4 is 10.0 Å². The quantitative estimate of drug-likeness (QED) is 0.917. The first kappa shape index (κ1) is 15.5. The topological polar surface area (TPSA) is 70.2 Å². The molecule has 0 unspecified atom stereocenters. The van der Waals surface area contributed by atoms with Gasteiger partial charge in [-0.25, -0.2) is 8.42 Å². The number of hydrogen-bond acceptors (Lipinski definition) is 3. The highest BCUT2D eigenvalue weighted by atomic mass is 32.2. The summed E-state index contributed by atoms with van der Waals surface area (Å²) < 4.78 is 26.6. The molecule has 0 bridgehead atoms. The number of nitrogens with zero attached hydrogens (tertiary/aromatic N) is 1. The van der Waals surface area contributed by atoms with Crippen molar-refractivity contribution in [1.82, 2.24) is 9.29 Å². The van der Waals surface area contributed by atoms with E-state index in [4.69, 9.17) is 0 Å². The van der Waals surface area contributed by atoms with Gasteiger partial charge < -0.3 is 4.98 Å². The molecule has 112 valence electrons. The molecule has 0 aliphatic carbocycles. The maximum absolute atomic E-state index is 12.6. The van der Waals surface area contributed by atoms with Crippen molar-refractivity contribution in [2.45, 2.75) is 25.3 Å². The fraction of sp³-hybridized carbons (Fsp3) is 0.267. The molecule has 0 spiro atoms. The molecule has 0 saturated carbocycles. The second-order valence-corrected chi connectivity index (χ2v) is 6.68. The molecule has 0 amide bonds. The van der Waals surface area contributed by atoms with Crippen molar-refractivity contribution in [3.05, 3.63) is 64.1 Å². The summed E-state index contributed by atoms with van der Waals surface area (Å²) in [5, 5.41) is 0. The maximum Gasteiger partial charge on any atom is 0.247 e.